The zero-order valence-corrected chi connectivity index (χ0v) is 9.73. The van der Waals surface area contributed by atoms with Crippen LogP contribution in [-0.2, 0) is 11.2 Å². The number of rotatable bonds is 5. The fourth-order valence-corrected chi connectivity index (χ4v) is 1.44. The Morgan fingerprint density at radius 2 is 2.24 bits per heavy atom. The maximum Gasteiger partial charge on any atom is 0.325 e. The zero-order valence-electron chi connectivity index (χ0n) is 9.73. The van der Waals surface area contributed by atoms with E-state index in [0.29, 0.717) is 11.3 Å². The molecule has 0 amide bonds. The fraction of sp³-hybridized carbons (Fsp3) is 0.364. The number of hydrazine groups is 1. The van der Waals surface area contributed by atoms with Gasteiger partial charge >= 0.3 is 5.97 Å². The highest BCUT2D eigenvalue weighted by molar-refractivity contribution is 5.78. The molecule has 0 aliphatic heterocycles. The topological polar surface area (TPSA) is 105 Å². The molecule has 0 heterocycles. The lowest BCUT2D eigenvalue weighted by Gasteiger charge is -2.23. The molecule has 0 aliphatic rings. The van der Waals surface area contributed by atoms with E-state index in [9.17, 15) is 9.90 Å². The van der Waals surface area contributed by atoms with Gasteiger partial charge in [0.15, 0.2) is 11.5 Å². The Kier molecular flexibility index (Phi) is 3.93. The molecular weight excluding hydrogens is 224 g/mol. The molecule has 1 aromatic rings. The average Bonchev–Trinajstić information content (AvgIpc) is 2.29. The molecule has 5 N–H and O–H groups in total. The first-order valence-corrected chi connectivity index (χ1v) is 5.00. The summed E-state index contributed by atoms with van der Waals surface area (Å²) in [5.41, 5.74) is 1.63. The minimum atomic E-state index is -1.28. The second-order valence-corrected chi connectivity index (χ2v) is 3.96. The van der Waals surface area contributed by atoms with Crippen LogP contribution in [0, 0.1) is 0 Å². The Morgan fingerprint density at radius 1 is 1.59 bits per heavy atom. The van der Waals surface area contributed by atoms with E-state index in [1.807, 2.05) is 0 Å². The van der Waals surface area contributed by atoms with Crippen molar-refractivity contribution in [2.75, 3.05) is 7.11 Å². The summed E-state index contributed by atoms with van der Waals surface area (Å²) in [4.78, 5) is 11.0. The van der Waals surface area contributed by atoms with Crippen LogP contribution >= 0.6 is 0 Å². The summed E-state index contributed by atoms with van der Waals surface area (Å²) in [5, 5.41) is 18.6. The number of hydrogen-bond acceptors (Lipinski definition) is 5. The molecule has 0 radical (unpaired) electrons. The van der Waals surface area contributed by atoms with Gasteiger partial charge in [-0.1, -0.05) is 6.07 Å². The number of hydrogen-bond donors (Lipinski definition) is 4. The summed E-state index contributed by atoms with van der Waals surface area (Å²) in [7, 11) is 1.44. The van der Waals surface area contributed by atoms with Crippen LogP contribution in [0.3, 0.4) is 0 Å². The van der Waals surface area contributed by atoms with E-state index >= 15 is 0 Å². The molecule has 0 spiro atoms. The quantitative estimate of drug-likeness (QED) is 0.434. The Hall–Kier alpha value is -1.79. The average molecular weight is 240 g/mol. The van der Waals surface area contributed by atoms with Crippen molar-refractivity contribution in [1.29, 1.82) is 0 Å². The summed E-state index contributed by atoms with van der Waals surface area (Å²) >= 11 is 0. The third-order valence-electron chi connectivity index (χ3n) is 2.59. The van der Waals surface area contributed by atoms with Crippen LogP contribution in [0.2, 0.25) is 0 Å². The minimum absolute atomic E-state index is 0.0326. The number of aliphatic carboxylic acids is 1. The molecule has 6 nitrogen and oxygen atoms in total. The van der Waals surface area contributed by atoms with E-state index in [-0.39, 0.29) is 12.2 Å². The van der Waals surface area contributed by atoms with Gasteiger partial charge in [0.2, 0.25) is 0 Å². The highest BCUT2D eigenvalue weighted by atomic mass is 16.5. The molecule has 1 rings (SSSR count). The Bertz CT molecular complexity index is 422. The van der Waals surface area contributed by atoms with Crippen molar-refractivity contribution < 1.29 is 19.7 Å². The Labute approximate surface area is 99.0 Å². The smallest absolute Gasteiger partial charge is 0.325 e. The Morgan fingerprint density at radius 3 is 2.65 bits per heavy atom. The summed E-state index contributed by atoms with van der Waals surface area (Å²) < 4.78 is 4.90. The number of carboxylic acid groups (broad SMARTS) is 1. The van der Waals surface area contributed by atoms with Crippen LogP contribution in [-0.4, -0.2) is 28.8 Å². The van der Waals surface area contributed by atoms with Crippen LogP contribution in [0.25, 0.3) is 0 Å². The standard InChI is InChI=1S/C11H16N2O4/c1-11(13-12,10(15)16)6-7-3-4-9(17-2)8(14)5-7/h3-5,13-14H,6,12H2,1-2H3,(H,15,16)/t11-/m1/s1. The summed E-state index contributed by atoms with van der Waals surface area (Å²) in [6.45, 7) is 1.47. The van der Waals surface area contributed by atoms with Gasteiger partial charge in [0.05, 0.1) is 7.11 Å². The lowest BCUT2D eigenvalue weighted by atomic mass is 9.93. The highest BCUT2D eigenvalue weighted by Gasteiger charge is 2.32. The number of carbonyl (C=O) groups is 1. The molecule has 17 heavy (non-hydrogen) atoms. The summed E-state index contributed by atoms with van der Waals surface area (Å²) in [5.74, 6) is 4.48. The third kappa shape index (κ3) is 2.86. The molecule has 0 saturated carbocycles. The van der Waals surface area contributed by atoms with Gasteiger partial charge in [0.25, 0.3) is 0 Å². The van der Waals surface area contributed by atoms with Crippen molar-refractivity contribution in [3.63, 3.8) is 0 Å². The predicted molar refractivity (Wildman–Crippen MR) is 61.7 cm³/mol. The lowest BCUT2D eigenvalue weighted by Crippen LogP contribution is -2.54. The molecular formula is C11H16N2O4. The molecule has 1 aromatic carbocycles. The van der Waals surface area contributed by atoms with Gasteiger partial charge in [0, 0.05) is 6.42 Å². The second kappa shape index (κ2) is 5.03. The summed E-state index contributed by atoms with van der Waals surface area (Å²) in [6, 6.07) is 4.71. The molecule has 0 saturated heterocycles. The van der Waals surface area contributed by atoms with Gasteiger partial charge in [-0.05, 0) is 24.6 Å². The van der Waals surface area contributed by atoms with E-state index in [1.54, 1.807) is 12.1 Å². The fourth-order valence-electron chi connectivity index (χ4n) is 1.44. The number of phenolic OH excluding ortho intramolecular Hbond substituents is 1. The van der Waals surface area contributed by atoms with Crippen LogP contribution in [0.15, 0.2) is 18.2 Å². The largest absolute Gasteiger partial charge is 0.504 e. The zero-order chi connectivity index (χ0) is 13.1. The maximum absolute atomic E-state index is 11.0. The lowest BCUT2D eigenvalue weighted by molar-refractivity contribution is -0.144. The molecule has 0 fully saturated rings. The predicted octanol–water partition coefficient (Wildman–Crippen LogP) is 0.250. The van der Waals surface area contributed by atoms with Crippen LogP contribution in [0.5, 0.6) is 11.5 Å². The molecule has 0 aromatic heterocycles. The van der Waals surface area contributed by atoms with Gasteiger partial charge in [-0.25, -0.2) is 5.43 Å². The number of ether oxygens (including phenoxy) is 1. The first kappa shape index (κ1) is 13.3. The molecule has 0 bridgehead atoms. The van der Waals surface area contributed by atoms with Gasteiger partial charge in [-0.2, -0.15) is 0 Å². The van der Waals surface area contributed by atoms with Crippen molar-refractivity contribution in [2.45, 2.75) is 18.9 Å². The Balaban J connectivity index is 2.95. The van der Waals surface area contributed by atoms with Crippen LogP contribution in [0.1, 0.15) is 12.5 Å². The van der Waals surface area contributed by atoms with Crippen molar-refractivity contribution >= 4 is 5.97 Å². The number of phenols is 1. The van der Waals surface area contributed by atoms with Crippen molar-refractivity contribution in [3.8, 4) is 11.5 Å². The van der Waals surface area contributed by atoms with Gasteiger partial charge in [-0.15, -0.1) is 0 Å². The number of nitrogens with one attached hydrogen (secondary N) is 1. The summed E-state index contributed by atoms with van der Waals surface area (Å²) in [6.07, 6.45) is 0.149. The van der Waals surface area contributed by atoms with E-state index in [2.05, 4.69) is 5.43 Å². The van der Waals surface area contributed by atoms with Crippen LogP contribution in [0.4, 0.5) is 0 Å². The normalized spacial score (nSPS) is 14.1. The number of methoxy groups -OCH3 is 1. The number of carboxylic acids is 1. The van der Waals surface area contributed by atoms with Gasteiger partial charge in [0.1, 0.15) is 5.54 Å². The molecule has 0 unspecified atom stereocenters. The van der Waals surface area contributed by atoms with Gasteiger partial charge < -0.3 is 14.9 Å². The van der Waals surface area contributed by atoms with E-state index in [1.165, 1.54) is 20.1 Å². The SMILES string of the molecule is COc1ccc(C[C@@](C)(NN)C(=O)O)cc1O. The van der Waals surface area contributed by atoms with Crippen molar-refractivity contribution in [3.05, 3.63) is 23.8 Å². The van der Waals surface area contributed by atoms with Crippen LogP contribution < -0.4 is 16.0 Å². The van der Waals surface area contributed by atoms with E-state index < -0.39 is 11.5 Å². The highest BCUT2D eigenvalue weighted by Crippen LogP contribution is 2.27. The van der Waals surface area contributed by atoms with E-state index in [0.717, 1.165) is 0 Å². The van der Waals surface area contributed by atoms with Crippen molar-refractivity contribution in [1.82, 2.24) is 5.43 Å². The van der Waals surface area contributed by atoms with Gasteiger partial charge in [-0.3, -0.25) is 10.6 Å². The minimum Gasteiger partial charge on any atom is -0.504 e. The maximum atomic E-state index is 11.0. The number of nitrogens with two attached hydrogens (primary N) is 1. The molecule has 94 valence electrons. The number of benzene rings is 1. The number of aromatic hydroxyl groups is 1. The first-order valence-electron chi connectivity index (χ1n) is 5.00. The molecule has 6 heteroatoms. The first-order chi connectivity index (χ1) is 7.92. The third-order valence-corrected chi connectivity index (χ3v) is 2.59. The second-order valence-electron chi connectivity index (χ2n) is 3.96. The molecule has 1 atom stereocenters. The van der Waals surface area contributed by atoms with Crippen molar-refractivity contribution in [2.24, 2.45) is 5.84 Å². The molecule has 0 aliphatic carbocycles. The van der Waals surface area contributed by atoms with E-state index in [4.69, 9.17) is 15.7 Å². The monoisotopic (exact) mass is 240 g/mol.